The summed E-state index contributed by atoms with van der Waals surface area (Å²) in [5, 5.41) is 11.9. The second-order valence-corrected chi connectivity index (χ2v) is 5.62. The Labute approximate surface area is 138 Å². The van der Waals surface area contributed by atoms with Crippen LogP contribution in [0.15, 0.2) is 21.3 Å². The van der Waals surface area contributed by atoms with Crippen LogP contribution in [0.4, 0.5) is 0 Å². The van der Waals surface area contributed by atoms with Gasteiger partial charge in [0.25, 0.3) is 5.91 Å². The highest BCUT2D eigenvalue weighted by atomic mass is 16.5. The van der Waals surface area contributed by atoms with Crippen LogP contribution in [0.3, 0.4) is 0 Å². The molecule has 7 nitrogen and oxygen atoms in total. The van der Waals surface area contributed by atoms with Gasteiger partial charge in [-0.2, -0.15) is 0 Å². The number of hydrogen-bond donors (Lipinski definition) is 2. The van der Waals surface area contributed by atoms with E-state index >= 15 is 0 Å². The summed E-state index contributed by atoms with van der Waals surface area (Å²) < 4.78 is 10.8. The summed E-state index contributed by atoms with van der Waals surface area (Å²) in [7, 11) is 0. The molecular formula is C17H19NO6. The van der Waals surface area contributed by atoms with Crippen molar-refractivity contribution in [2.45, 2.75) is 33.7 Å². The van der Waals surface area contributed by atoms with Crippen LogP contribution < -0.4 is 15.7 Å². The highest BCUT2D eigenvalue weighted by Gasteiger charge is 2.16. The van der Waals surface area contributed by atoms with E-state index in [9.17, 15) is 14.4 Å². The minimum Gasteiger partial charge on any atom is -0.483 e. The first-order valence-electron chi connectivity index (χ1n) is 7.41. The molecule has 1 amide bonds. The van der Waals surface area contributed by atoms with Gasteiger partial charge in [0.05, 0.1) is 0 Å². The quantitative estimate of drug-likeness (QED) is 0.807. The first-order chi connectivity index (χ1) is 11.2. The van der Waals surface area contributed by atoms with Crippen LogP contribution in [0.25, 0.3) is 11.0 Å². The van der Waals surface area contributed by atoms with Gasteiger partial charge in [0, 0.05) is 16.5 Å². The molecule has 0 aliphatic carbocycles. The van der Waals surface area contributed by atoms with Crippen molar-refractivity contribution in [3.8, 4) is 5.75 Å². The Balaban J connectivity index is 2.24. The van der Waals surface area contributed by atoms with E-state index in [1.54, 1.807) is 26.0 Å². The third-order valence-electron chi connectivity index (χ3n) is 3.93. The molecule has 128 valence electrons. The maximum atomic E-state index is 11.8. The number of amides is 1. The fourth-order valence-electron chi connectivity index (χ4n) is 2.27. The molecule has 1 heterocycles. The fourth-order valence-corrected chi connectivity index (χ4v) is 2.27. The Hall–Kier alpha value is -2.83. The summed E-state index contributed by atoms with van der Waals surface area (Å²) in [6, 6.07) is 2.46. The molecule has 0 bridgehead atoms. The van der Waals surface area contributed by atoms with Gasteiger partial charge in [-0.3, -0.25) is 9.59 Å². The molecule has 0 aliphatic rings. The van der Waals surface area contributed by atoms with Crippen molar-refractivity contribution < 1.29 is 23.8 Å². The Bertz CT molecular complexity index is 867. The van der Waals surface area contributed by atoms with Gasteiger partial charge in [-0.1, -0.05) is 0 Å². The lowest BCUT2D eigenvalue weighted by Gasteiger charge is -2.13. The highest BCUT2D eigenvalue weighted by Crippen LogP contribution is 2.29. The van der Waals surface area contributed by atoms with Gasteiger partial charge >= 0.3 is 11.6 Å². The van der Waals surface area contributed by atoms with Gasteiger partial charge in [0.2, 0.25) is 0 Å². The van der Waals surface area contributed by atoms with E-state index in [2.05, 4.69) is 5.32 Å². The van der Waals surface area contributed by atoms with Crippen molar-refractivity contribution in [2.75, 3.05) is 6.61 Å². The van der Waals surface area contributed by atoms with E-state index in [4.69, 9.17) is 14.3 Å². The number of carbonyl (C=O) groups is 2. The van der Waals surface area contributed by atoms with Crippen molar-refractivity contribution >= 4 is 22.8 Å². The number of fused-ring (bicyclic) bond motifs is 1. The SMILES string of the molecule is Cc1c(C)c2ccc(OCC(=O)N[C@@H](C)C(=O)O)c(C)c2oc1=O. The standard InChI is InChI=1S/C17H19NO6/c1-8-9(2)17(22)24-15-10(3)13(6-5-12(8)15)23-7-14(19)18-11(4)16(20)21/h5-6,11H,7H2,1-4H3,(H,18,19)(H,20,21)/t11-/m0/s1. The van der Waals surface area contributed by atoms with Crippen LogP contribution in [-0.2, 0) is 9.59 Å². The smallest absolute Gasteiger partial charge is 0.339 e. The number of carboxylic acids is 1. The van der Waals surface area contributed by atoms with Crippen molar-refractivity contribution in [2.24, 2.45) is 0 Å². The number of carboxylic acid groups (broad SMARTS) is 1. The van der Waals surface area contributed by atoms with Crippen molar-refractivity contribution in [1.29, 1.82) is 0 Å². The van der Waals surface area contributed by atoms with Gasteiger partial charge in [-0.25, -0.2) is 4.79 Å². The minimum atomic E-state index is -1.13. The summed E-state index contributed by atoms with van der Waals surface area (Å²) in [6.07, 6.45) is 0. The highest BCUT2D eigenvalue weighted by molar-refractivity contribution is 5.86. The second-order valence-electron chi connectivity index (χ2n) is 5.62. The number of aryl methyl sites for hydroxylation is 2. The van der Waals surface area contributed by atoms with E-state index in [1.165, 1.54) is 6.92 Å². The van der Waals surface area contributed by atoms with Crippen LogP contribution in [-0.4, -0.2) is 29.6 Å². The summed E-state index contributed by atoms with van der Waals surface area (Å²) in [5.74, 6) is -1.28. The molecule has 0 aliphatic heterocycles. The molecule has 1 aromatic heterocycles. The van der Waals surface area contributed by atoms with Crippen molar-refractivity contribution in [3.63, 3.8) is 0 Å². The zero-order valence-electron chi connectivity index (χ0n) is 13.9. The number of aliphatic carboxylic acids is 1. The largest absolute Gasteiger partial charge is 0.483 e. The molecule has 0 fully saturated rings. The molecule has 1 aromatic carbocycles. The zero-order valence-corrected chi connectivity index (χ0v) is 13.9. The van der Waals surface area contributed by atoms with Crippen molar-refractivity contribution in [3.05, 3.63) is 39.2 Å². The lowest BCUT2D eigenvalue weighted by atomic mass is 10.0. The second kappa shape index (κ2) is 6.74. The Morgan fingerprint density at radius 3 is 2.50 bits per heavy atom. The molecule has 0 unspecified atom stereocenters. The number of hydrogen-bond acceptors (Lipinski definition) is 5. The van der Waals surface area contributed by atoms with Gasteiger partial charge in [-0.15, -0.1) is 0 Å². The van der Waals surface area contributed by atoms with E-state index < -0.39 is 23.5 Å². The van der Waals surface area contributed by atoms with E-state index in [1.807, 2.05) is 6.92 Å². The first-order valence-corrected chi connectivity index (χ1v) is 7.41. The van der Waals surface area contributed by atoms with Crippen molar-refractivity contribution in [1.82, 2.24) is 5.32 Å². The normalized spacial score (nSPS) is 12.0. The molecule has 0 saturated heterocycles. The van der Waals surface area contributed by atoms with E-state index in [0.29, 0.717) is 22.5 Å². The average Bonchev–Trinajstić information content (AvgIpc) is 2.52. The summed E-state index contributed by atoms with van der Waals surface area (Å²) in [5.41, 5.74) is 2.00. The van der Waals surface area contributed by atoms with Gasteiger partial charge in [0.15, 0.2) is 6.61 Å². The number of ether oxygens (including phenoxy) is 1. The van der Waals surface area contributed by atoms with E-state index in [-0.39, 0.29) is 6.61 Å². The van der Waals surface area contributed by atoms with Gasteiger partial charge < -0.3 is 19.6 Å². The topological polar surface area (TPSA) is 106 Å². The molecule has 0 spiro atoms. The average molecular weight is 333 g/mol. The number of benzene rings is 1. The molecule has 2 aromatic rings. The third kappa shape index (κ3) is 3.40. The first kappa shape index (κ1) is 17.5. The molecule has 0 saturated carbocycles. The predicted octanol–water partition coefficient (Wildman–Crippen LogP) is 1.69. The predicted molar refractivity (Wildman–Crippen MR) is 87.4 cm³/mol. The van der Waals surface area contributed by atoms with E-state index in [0.717, 1.165) is 10.9 Å². The van der Waals surface area contributed by atoms with Crippen LogP contribution in [0.5, 0.6) is 5.75 Å². The number of rotatable bonds is 5. The lowest BCUT2D eigenvalue weighted by molar-refractivity contribution is -0.141. The lowest BCUT2D eigenvalue weighted by Crippen LogP contribution is -2.40. The van der Waals surface area contributed by atoms with Crippen LogP contribution in [0.1, 0.15) is 23.6 Å². The number of nitrogens with one attached hydrogen (secondary N) is 1. The summed E-state index contributed by atoms with van der Waals surface area (Å²) >= 11 is 0. The molecule has 2 rings (SSSR count). The monoisotopic (exact) mass is 333 g/mol. The number of carbonyl (C=O) groups excluding carboxylic acids is 1. The van der Waals surface area contributed by atoms with Crippen LogP contribution in [0, 0.1) is 20.8 Å². The minimum absolute atomic E-state index is 0.334. The maximum absolute atomic E-state index is 11.8. The summed E-state index contributed by atoms with van der Waals surface area (Å²) in [6.45, 7) is 6.30. The molecule has 7 heteroatoms. The maximum Gasteiger partial charge on any atom is 0.339 e. The molecule has 0 radical (unpaired) electrons. The Morgan fingerprint density at radius 1 is 1.21 bits per heavy atom. The molecule has 24 heavy (non-hydrogen) atoms. The third-order valence-corrected chi connectivity index (χ3v) is 3.93. The fraction of sp³-hybridized carbons (Fsp3) is 0.353. The molecule has 1 atom stereocenters. The molecular weight excluding hydrogens is 314 g/mol. The summed E-state index contributed by atoms with van der Waals surface area (Å²) in [4.78, 5) is 34.2. The zero-order chi connectivity index (χ0) is 18.0. The van der Waals surface area contributed by atoms with Gasteiger partial charge in [-0.05, 0) is 45.4 Å². The van der Waals surface area contributed by atoms with Gasteiger partial charge in [0.1, 0.15) is 17.4 Å². The Kier molecular flexibility index (Phi) is 4.92. The molecule has 2 N–H and O–H groups in total. The Morgan fingerprint density at radius 2 is 1.88 bits per heavy atom. The van der Waals surface area contributed by atoms with Crippen LogP contribution >= 0.6 is 0 Å². The van der Waals surface area contributed by atoms with Crippen LogP contribution in [0.2, 0.25) is 0 Å².